The van der Waals surface area contributed by atoms with Crippen LogP contribution in [0.3, 0.4) is 0 Å². The van der Waals surface area contributed by atoms with Gasteiger partial charge >= 0.3 is 0 Å². The smallest absolute Gasteiger partial charge is 0.259 e. The van der Waals surface area contributed by atoms with Crippen LogP contribution in [0.5, 0.6) is 0 Å². The summed E-state index contributed by atoms with van der Waals surface area (Å²) in [5.74, 6) is 0.898. The van der Waals surface area contributed by atoms with E-state index in [1.54, 1.807) is 0 Å². The number of nitrogens with zero attached hydrogens (tertiary/aromatic N) is 2. The van der Waals surface area contributed by atoms with Gasteiger partial charge < -0.3 is 9.84 Å². The minimum absolute atomic E-state index is 0.0819. The molecule has 0 unspecified atom stereocenters. The number of amides is 1. The van der Waals surface area contributed by atoms with Gasteiger partial charge in [-0.3, -0.25) is 4.79 Å². The molecule has 1 aromatic carbocycles. The summed E-state index contributed by atoms with van der Waals surface area (Å²) in [7, 11) is 0. The molecule has 2 aromatic heterocycles. The molecule has 1 saturated carbocycles. The molecule has 0 atom stereocenters. The second kappa shape index (κ2) is 7.14. The average Bonchev–Trinajstić information content (AvgIpc) is 3.41. The van der Waals surface area contributed by atoms with E-state index in [1.807, 2.05) is 37.3 Å². The zero-order valence-corrected chi connectivity index (χ0v) is 16.1. The highest BCUT2D eigenvalue weighted by molar-refractivity contribution is 6.09. The third-order valence-electron chi connectivity index (χ3n) is 5.04. The van der Waals surface area contributed by atoms with Gasteiger partial charge in [-0.25, -0.2) is 4.98 Å². The summed E-state index contributed by atoms with van der Waals surface area (Å²) in [4.78, 5) is 17.6. The van der Waals surface area contributed by atoms with Gasteiger partial charge in [-0.2, -0.15) is 0 Å². The molecular formula is C22H25N3O2. The number of carbonyl (C=O) groups is 1. The monoisotopic (exact) mass is 363 g/mol. The maximum Gasteiger partial charge on any atom is 0.259 e. The SMILES string of the molecule is Cc1ccc(-c2noc3nc(C4CC4)cc(C(=O)NCCC(C)C)c23)cc1. The Balaban J connectivity index is 1.77. The van der Waals surface area contributed by atoms with Crippen molar-refractivity contribution in [2.75, 3.05) is 6.54 Å². The predicted molar refractivity (Wildman–Crippen MR) is 106 cm³/mol. The van der Waals surface area contributed by atoms with E-state index >= 15 is 0 Å². The van der Waals surface area contributed by atoms with Gasteiger partial charge in [0, 0.05) is 23.7 Å². The highest BCUT2D eigenvalue weighted by Crippen LogP contribution is 2.41. The van der Waals surface area contributed by atoms with Crippen LogP contribution in [0.25, 0.3) is 22.4 Å². The fourth-order valence-corrected chi connectivity index (χ4v) is 3.22. The van der Waals surface area contributed by atoms with Crippen molar-refractivity contribution >= 4 is 17.0 Å². The van der Waals surface area contributed by atoms with E-state index < -0.39 is 0 Å². The lowest BCUT2D eigenvalue weighted by Gasteiger charge is -2.09. The van der Waals surface area contributed by atoms with Gasteiger partial charge in [-0.1, -0.05) is 48.8 Å². The third kappa shape index (κ3) is 3.72. The standard InChI is InChI=1S/C22H25N3O2/c1-13(2)10-11-23-21(26)17-12-18(15-8-9-15)24-22-19(17)20(25-27-22)16-6-4-14(3)5-7-16/h4-7,12-13,15H,8-11H2,1-3H3,(H,23,26). The molecule has 1 aliphatic rings. The van der Waals surface area contributed by atoms with Crippen LogP contribution in [0.1, 0.15) is 60.6 Å². The molecule has 1 N–H and O–H groups in total. The molecule has 1 aliphatic carbocycles. The van der Waals surface area contributed by atoms with Gasteiger partial charge in [0.15, 0.2) is 0 Å². The van der Waals surface area contributed by atoms with Crippen LogP contribution in [-0.4, -0.2) is 22.6 Å². The highest BCUT2D eigenvalue weighted by atomic mass is 16.5. The van der Waals surface area contributed by atoms with Crippen molar-refractivity contribution in [3.8, 4) is 11.3 Å². The van der Waals surface area contributed by atoms with E-state index in [1.165, 1.54) is 5.56 Å². The molecule has 4 rings (SSSR count). The maximum atomic E-state index is 13.0. The van der Waals surface area contributed by atoms with Crippen molar-refractivity contribution in [2.24, 2.45) is 5.92 Å². The topological polar surface area (TPSA) is 68.0 Å². The lowest BCUT2D eigenvalue weighted by molar-refractivity contribution is 0.0953. The van der Waals surface area contributed by atoms with Crippen LogP contribution in [0, 0.1) is 12.8 Å². The zero-order valence-electron chi connectivity index (χ0n) is 16.1. The quantitative estimate of drug-likeness (QED) is 0.680. The van der Waals surface area contributed by atoms with E-state index in [2.05, 4.69) is 29.3 Å². The molecular weight excluding hydrogens is 338 g/mol. The van der Waals surface area contributed by atoms with Crippen LogP contribution >= 0.6 is 0 Å². The first-order valence-corrected chi connectivity index (χ1v) is 9.68. The van der Waals surface area contributed by atoms with E-state index in [9.17, 15) is 4.79 Å². The summed E-state index contributed by atoms with van der Waals surface area (Å²) >= 11 is 0. The molecule has 1 amide bonds. The Bertz CT molecular complexity index is 969. The Labute approximate surface area is 159 Å². The number of rotatable bonds is 6. The molecule has 5 heteroatoms. The summed E-state index contributed by atoms with van der Waals surface area (Å²) < 4.78 is 5.54. The van der Waals surface area contributed by atoms with Gasteiger partial charge in [-0.05, 0) is 38.2 Å². The highest BCUT2D eigenvalue weighted by Gasteiger charge is 2.29. The van der Waals surface area contributed by atoms with E-state index in [-0.39, 0.29) is 5.91 Å². The minimum atomic E-state index is -0.0819. The zero-order chi connectivity index (χ0) is 19.0. The Kier molecular flexibility index (Phi) is 4.68. The number of nitrogens with one attached hydrogen (secondary N) is 1. The number of hydrogen-bond acceptors (Lipinski definition) is 4. The number of aryl methyl sites for hydroxylation is 1. The van der Waals surface area contributed by atoms with Crippen LogP contribution in [0.2, 0.25) is 0 Å². The van der Waals surface area contributed by atoms with E-state index in [0.717, 1.165) is 30.5 Å². The molecule has 0 aliphatic heterocycles. The predicted octanol–water partition coefficient (Wildman–Crippen LogP) is 4.85. The fourth-order valence-electron chi connectivity index (χ4n) is 3.22. The first-order valence-electron chi connectivity index (χ1n) is 9.68. The van der Waals surface area contributed by atoms with Crippen LogP contribution in [-0.2, 0) is 0 Å². The van der Waals surface area contributed by atoms with Gasteiger partial charge in [0.1, 0.15) is 5.69 Å². The Hall–Kier alpha value is -2.69. The maximum absolute atomic E-state index is 13.0. The molecule has 0 bridgehead atoms. The van der Waals surface area contributed by atoms with Crippen LogP contribution in [0.15, 0.2) is 34.9 Å². The summed E-state index contributed by atoms with van der Waals surface area (Å²) in [5, 5.41) is 8.00. The second-order valence-corrected chi connectivity index (χ2v) is 7.88. The molecule has 0 saturated heterocycles. The van der Waals surface area contributed by atoms with E-state index in [4.69, 9.17) is 4.52 Å². The Morgan fingerprint density at radius 2 is 2.00 bits per heavy atom. The van der Waals surface area contributed by atoms with Crippen molar-refractivity contribution in [3.63, 3.8) is 0 Å². The fraction of sp³-hybridized carbons (Fsp3) is 0.409. The van der Waals surface area contributed by atoms with E-state index in [0.29, 0.717) is 40.7 Å². The molecule has 27 heavy (non-hydrogen) atoms. The number of pyridine rings is 1. The lowest BCUT2D eigenvalue weighted by Crippen LogP contribution is -2.25. The molecule has 3 aromatic rings. The summed E-state index contributed by atoms with van der Waals surface area (Å²) in [5.41, 5.74) is 4.77. The lowest BCUT2D eigenvalue weighted by atomic mass is 10.0. The number of benzene rings is 1. The number of hydrogen-bond donors (Lipinski definition) is 1. The van der Waals surface area contributed by atoms with Gasteiger partial charge in [0.2, 0.25) is 0 Å². The summed E-state index contributed by atoms with van der Waals surface area (Å²) in [6.45, 7) is 7.00. The van der Waals surface area contributed by atoms with Gasteiger partial charge in [-0.15, -0.1) is 0 Å². The molecule has 0 radical (unpaired) electrons. The van der Waals surface area contributed by atoms with Crippen molar-refractivity contribution < 1.29 is 9.32 Å². The first kappa shape index (κ1) is 17.7. The van der Waals surface area contributed by atoms with Crippen LogP contribution < -0.4 is 5.32 Å². The molecule has 2 heterocycles. The number of aromatic nitrogens is 2. The number of fused-ring (bicyclic) bond motifs is 1. The minimum Gasteiger partial charge on any atom is -0.352 e. The van der Waals surface area contributed by atoms with Gasteiger partial charge in [0.25, 0.3) is 11.6 Å². The largest absolute Gasteiger partial charge is 0.352 e. The van der Waals surface area contributed by atoms with Crippen molar-refractivity contribution in [3.05, 3.63) is 47.2 Å². The average molecular weight is 363 g/mol. The first-order chi connectivity index (χ1) is 13.0. The Morgan fingerprint density at radius 1 is 1.26 bits per heavy atom. The second-order valence-electron chi connectivity index (χ2n) is 7.88. The normalized spacial score (nSPS) is 14.1. The summed E-state index contributed by atoms with van der Waals surface area (Å²) in [6, 6.07) is 10.00. The molecule has 5 nitrogen and oxygen atoms in total. The van der Waals surface area contributed by atoms with Crippen molar-refractivity contribution in [1.82, 2.24) is 15.5 Å². The van der Waals surface area contributed by atoms with Crippen LogP contribution in [0.4, 0.5) is 0 Å². The van der Waals surface area contributed by atoms with Crippen molar-refractivity contribution in [2.45, 2.75) is 46.0 Å². The molecule has 140 valence electrons. The third-order valence-corrected chi connectivity index (χ3v) is 5.04. The van der Waals surface area contributed by atoms with Crippen molar-refractivity contribution in [1.29, 1.82) is 0 Å². The molecule has 1 fully saturated rings. The molecule has 0 spiro atoms. The summed E-state index contributed by atoms with van der Waals surface area (Å²) in [6.07, 6.45) is 3.18. The van der Waals surface area contributed by atoms with Gasteiger partial charge in [0.05, 0.1) is 10.9 Å². The number of carbonyl (C=O) groups excluding carboxylic acids is 1. The Morgan fingerprint density at radius 3 is 2.67 bits per heavy atom.